The highest BCUT2D eigenvalue weighted by atomic mass is 32.1. The van der Waals surface area contributed by atoms with E-state index in [0.717, 1.165) is 5.56 Å². The van der Waals surface area contributed by atoms with Crippen LogP contribution in [0, 0.1) is 0 Å². The summed E-state index contributed by atoms with van der Waals surface area (Å²) in [4.78, 5) is 4.49. The summed E-state index contributed by atoms with van der Waals surface area (Å²) < 4.78 is 5.70. The summed E-state index contributed by atoms with van der Waals surface area (Å²) in [6, 6.07) is 3.83. The molecule has 2 rings (SSSR count). The summed E-state index contributed by atoms with van der Waals surface area (Å²) in [6.07, 6.45) is 5.73. The van der Waals surface area contributed by atoms with Crippen LogP contribution in [0.3, 0.4) is 0 Å². The number of nitrogens with zero attached hydrogens (tertiary/aromatic N) is 1. The van der Waals surface area contributed by atoms with Crippen molar-refractivity contribution in [1.82, 2.24) is 4.98 Å². The zero-order chi connectivity index (χ0) is 10.7. The molecule has 0 saturated heterocycles. The Morgan fingerprint density at radius 1 is 1.60 bits per heavy atom. The maximum absolute atomic E-state index is 5.70. The Morgan fingerprint density at radius 2 is 2.40 bits per heavy atom. The van der Waals surface area contributed by atoms with Crippen molar-refractivity contribution >= 4 is 17.2 Å². The van der Waals surface area contributed by atoms with E-state index in [9.17, 15) is 0 Å². The number of ether oxygens (including phenoxy) is 1. The number of hydrogen-bond acceptors (Lipinski definition) is 3. The SMILES string of the molecule is NC(=S)c1ncccc1COC1CCC1. The van der Waals surface area contributed by atoms with Gasteiger partial charge in [0.15, 0.2) is 0 Å². The Labute approximate surface area is 94.6 Å². The maximum atomic E-state index is 5.70. The molecule has 0 atom stereocenters. The molecule has 0 unspecified atom stereocenters. The largest absolute Gasteiger partial charge is 0.388 e. The second-order valence-electron chi connectivity index (χ2n) is 3.74. The van der Waals surface area contributed by atoms with E-state index in [2.05, 4.69) is 4.98 Å². The lowest BCUT2D eigenvalue weighted by Gasteiger charge is -2.25. The molecule has 0 bridgehead atoms. The summed E-state index contributed by atoms with van der Waals surface area (Å²) in [5, 5.41) is 0. The molecule has 1 fully saturated rings. The predicted molar refractivity (Wildman–Crippen MR) is 62.6 cm³/mol. The minimum atomic E-state index is 0.336. The van der Waals surface area contributed by atoms with Crippen molar-refractivity contribution in [2.24, 2.45) is 5.73 Å². The van der Waals surface area contributed by atoms with Crippen LogP contribution in [0.15, 0.2) is 18.3 Å². The fourth-order valence-electron chi connectivity index (χ4n) is 1.52. The lowest BCUT2D eigenvalue weighted by atomic mass is 9.96. The fourth-order valence-corrected chi connectivity index (χ4v) is 1.71. The van der Waals surface area contributed by atoms with E-state index in [1.54, 1.807) is 6.20 Å². The first kappa shape index (κ1) is 10.5. The number of nitrogens with two attached hydrogens (primary N) is 1. The molecule has 0 spiro atoms. The monoisotopic (exact) mass is 222 g/mol. The summed E-state index contributed by atoms with van der Waals surface area (Å²) in [6.45, 7) is 0.561. The van der Waals surface area contributed by atoms with Crippen molar-refractivity contribution in [3.05, 3.63) is 29.6 Å². The first-order valence-electron chi connectivity index (χ1n) is 5.12. The van der Waals surface area contributed by atoms with Crippen LogP contribution in [-0.2, 0) is 11.3 Å². The van der Waals surface area contributed by atoms with Gasteiger partial charge in [-0.25, -0.2) is 0 Å². The highest BCUT2D eigenvalue weighted by Crippen LogP contribution is 2.23. The van der Waals surface area contributed by atoms with E-state index in [1.807, 2.05) is 12.1 Å². The van der Waals surface area contributed by atoms with Crippen molar-refractivity contribution < 1.29 is 4.74 Å². The van der Waals surface area contributed by atoms with Gasteiger partial charge >= 0.3 is 0 Å². The number of aromatic nitrogens is 1. The zero-order valence-corrected chi connectivity index (χ0v) is 9.30. The molecule has 1 saturated carbocycles. The molecule has 0 aliphatic heterocycles. The van der Waals surface area contributed by atoms with Crippen LogP contribution in [-0.4, -0.2) is 16.1 Å². The molecule has 0 radical (unpaired) electrons. The van der Waals surface area contributed by atoms with Gasteiger partial charge in [0, 0.05) is 11.8 Å². The minimum Gasteiger partial charge on any atom is -0.388 e. The van der Waals surface area contributed by atoms with Crippen molar-refractivity contribution in [3.63, 3.8) is 0 Å². The molecule has 2 N–H and O–H groups in total. The predicted octanol–water partition coefficient (Wildman–Crippen LogP) is 1.78. The average Bonchev–Trinajstić information content (AvgIpc) is 2.16. The van der Waals surface area contributed by atoms with E-state index >= 15 is 0 Å². The Kier molecular flexibility index (Phi) is 3.28. The second kappa shape index (κ2) is 4.68. The van der Waals surface area contributed by atoms with Gasteiger partial charge in [0.25, 0.3) is 0 Å². The Bertz CT molecular complexity index is 363. The van der Waals surface area contributed by atoms with Crippen LogP contribution in [0.1, 0.15) is 30.5 Å². The van der Waals surface area contributed by atoms with E-state index < -0.39 is 0 Å². The van der Waals surface area contributed by atoms with Crippen molar-refractivity contribution in [2.45, 2.75) is 32.0 Å². The van der Waals surface area contributed by atoms with Gasteiger partial charge in [0.1, 0.15) is 10.7 Å². The van der Waals surface area contributed by atoms with E-state index in [4.69, 9.17) is 22.7 Å². The molecule has 4 heteroatoms. The van der Waals surface area contributed by atoms with Crippen LogP contribution in [0.25, 0.3) is 0 Å². The lowest BCUT2D eigenvalue weighted by Crippen LogP contribution is -2.22. The van der Waals surface area contributed by atoms with Gasteiger partial charge < -0.3 is 10.5 Å². The molecule has 1 heterocycles. The molecule has 15 heavy (non-hydrogen) atoms. The van der Waals surface area contributed by atoms with Gasteiger partial charge in [0.2, 0.25) is 0 Å². The van der Waals surface area contributed by atoms with Gasteiger partial charge in [-0.2, -0.15) is 0 Å². The topological polar surface area (TPSA) is 48.1 Å². The van der Waals surface area contributed by atoms with Crippen LogP contribution in [0.4, 0.5) is 0 Å². The molecule has 1 aromatic rings. The molecule has 1 aromatic heterocycles. The summed E-state index contributed by atoms with van der Waals surface area (Å²) in [5.41, 5.74) is 7.25. The third-order valence-corrected chi connectivity index (χ3v) is 2.84. The van der Waals surface area contributed by atoms with Crippen LogP contribution < -0.4 is 5.73 Å². The molecular weight excluding hydrogens is 208 g/mol. The van der Waals surface area contributed by atoms with Gasteiger partial charge in [-0.3, -0.25) is 4.98 Å². The first-order chi connectivity index (χ1) is 7.27. The summed E-state index contributed by atoms with van der Waals surface area (Å²) in [7, 11) is 0. The maximum Gasteiger partial charge on any atom is 0.123 e. The van der Waals surface area contributed by atoms with Crippen molar-refractivity contribution in [3.8, 4) is 0 Å². The average molecular weight is 222 g/mol. The molecule has 1 aliphatic rings. The van der Waals surface area contributed by atoms with E-state index in [0.29, 0.717) is 23.4 Å². The van der Waals surface area contributed by atoms with Crippen molar-refractivity contribution in [1.29, 1.82) is 0 Å². The molecule has 0 amide bonds. The van der Waals surface area contributed by atoms with Crippen molar-refractivity contribution in [2.75, 3.05) is 0 Å². The smallest absolute Gasteiger partial charge is 0.123 e. The normalized spacial score (nSPS) is 16.0. The first-order valence-corrected chi connectivity index (χ1v) is 5.53. The summed E-state index contributed by atoms with van der Waals surface area (Å²) in [5.74, 6) is 0. The third kappa shape index (κ3) is 2.52. The second-order valence-corrected chi connectivity index (χ2v) is 4.18. The van der Waals surface area contributed by atoms with Crippen LogP contribution in [0.2, 0.25) is 0 Å². The quantitative estimate of drug-likeness (QED) is 0.789. The highest BCUT2D eigenvalue weighted by Gasteiger charge is 2.18. The lowest BCUT2D eigenvalue weighted by molar-refractivity contribution is -0.00881. The number of rotatable bonds is 4. The molecule has 0 aromatic carbocycles. The van der Waals surface area contributed by atoms with Crippen LogP contribution >= 0.6 is 12.2 Å². The number of pyridine rings is 1. The Morgan fingerprint density at radius 3 is 3.00 bits per heavy atom. The van der Waals surface area contributed by atoms with E-state index in [-0.39, 0.29) is 0 Å². The molecular formula is C11H14N2OS. The van der Waals surface area contributed by atoms with Gasteiger partial charge in [-0.1, -0.05) is 18.3 Å². The van der Waals surface area contributed by atoms with Gasteiger partial charge in [-0.15, -0.1) is 0 Å². The van der Waals surface area contributed by atoms with Gasteiger partial charge in [-0.05, 0) is 25.3 Å². The molecule has 3 nitrogen and oxygen atoms in total. The van der Waals surface area contributed by atoms with Gasteiger partial charge in [0.05, 0.1) is 12.7 Å². The highest BCUT2D eigenvalue weighted by molar-refractivity contribution is 7.80. The minimum absolute atomic E-state index is 0.336. The molecule has 1 aliphatic carbocycles. The Balaban J connectivity index is 2.02. The third-order valence-electron chi connectivity index (χ3n) is 2.65. The summed E-state index contributed by atoms with van der Waals surface area (Å²) >= 11 is 4.93. The molecule has 80 valence electrons. The standard InChI is InChI=1S/C11H14N2OS/c12-11(15)10-8(3-2-6-13-10)7-14-9-4-1-5-9/h2-3,6,9H,1,4-5,7H2,(H2,12,15). The number of thiocarbonyl (C=S) groups is 1. The van der Waals surface area contributed by atoms with E-state index in [1.165, 1.54) is 19.3 Å². The zero-order valence-electron chi connectivity index (χ0n) is 8.48. The van der Waals surface area contributed by atoms with Crippen LogP contribution in [0.5, 0.6) is 0 Å². The number of hydrogen-bond donors (Lipinski definition) is 1. The Hall–Kier alpha value is -1.00. The fraction of sp³-hybridized carbons (Fsp3) is 0.455.